The summed E-state index contributed by atoms with van der Waals surface area (Å²) < 4.78 is 10.9. The van der Waals surface area contributed by atoms with Crippen molar-refractivity contribution in [2.75, 3.05) is 13.2 Å². The first kappa shape index (κ1) is 20.2. The van der Waals surface area contributed by atoms with Crippen molar-refractivity contribution in [1.29, 1.82) is 0 Å². The second-order valence-corrected chi connectivity index (χ2v) is 10.1. The normalized spacial score (nSPS) is 42.2. The Bertz CT molecular complexity index is 547. The van der Waals surface area contributed by atoms with Gasteiger partial charge in [-0.15, -0.1) is 0 Å². The van der Waals surface area contributed by atoms with Gasteiger partial charge in [-0.1, -0.05) is 13.8 Å². The lowest BCUT2D eigenvalue weighted by Gasteiger charge is -2.45. The van der Waals surface area contributed by atoms with Crippen LogP contribution in [0.15, 0.2) is 0 Å². The summed E-state index contributed by atoms with van der Waals surface area (Å²) in [6.07, 6.45) is 7.76. The molecule has 4 fully saturated rings. The topological polar surface area (TPSA) is 52.6 Å². The zero-order valence-corrected chi connectivity index (χ0v) is 18.1. The van der Waals surface area contributed by atoms with Gasteiger partial charge >= 0.3 is 11.9 Å². The number of ether oxygens (including phenoxy) is 2. The van der Waals surface area contributed by atoms with Crippen LogP contribution in [0.3, 0.4) is 0 Å². The van der Waals surface area contributed by atoms with Crippen molar-refractivity contribution < 1.29 is 19.1 Å². The van der Waals surface area contributed by atoms with E-state index in [-0.39, 0.29) is 17.9 Å². The highest BCUT2D eigenvalue weighted by Crippen LogP contribution is 2.63. The molecule has 0 spiro atoms. The van der Waals surface area contributed by atoms with E-state index in [1.165, 1.54) is 38.5 Å². The summed E-state index contributed by atoms with van der Waals surface area (Å²) in [6, 6.07) is 0. The van der Waals surface area contributed by atoms with Crippen LogP contribution in [0.5, 0.6) is 0 Å². The minimum atomic E-state index is -0.738. The first-order valence-electron chi connectivity index (χ1n) is 11.8. The number of esters is 2. The molecule has 8 unspecified atom stereocenters. The minimum Gasteiger partial charge on any atom is -0.465 e. The Labute approximate surface area is 170 Å². The van der Waals surface area contributed by atoms with Crippen LogP contribution in [-0.2, 0) is 19.1 Å². The van der Waals surface area contributed by atoms with E-state index in [1.54, 1.807) is 0 Å². The fraction of sp³-hybridized carbons (Fsp3) is 0.917. The molecule has 4 aliphatic carbocycles. The summed E-state index contributed by atoms with van der Waals surface area (Å²) in [7, 11) is 0. The molecule has 4 rings (SSSR count). The van der Waals surface area contributed by atoms with E-state index in [9.17, 15) is 9.59 Å². The molecule has 0 N–H and O–H groups in total. The van der Waals surface area contributed by atoms with Gasteiger partial charge in [-0.3, -0.25) is 9.59 Å². The Hall–Kier alpha value is -1.06. The van der Waals surface area contributed by atoms with Crippen molar-refractivity contribution in [3.8, 4) is 0 Å². The van der Waals surface area contributed by atoms with Crippen LogP contribution < -0.4 is 0 Å². The van der Waals surface area contributed by atoms with E-state index in [4.69, 9.17) is 9.47 Å². The minimum absolute atomic E-state index is 0.0914. The van der Waals surface area contributed by atoms with Gasteiger partial charge in [0.25, 0.3) is 0 Å². The molecule has 0 aliphatic heterocycles. The zero-order chi connectivity index (χ0) is 20.0. The van der Waals surface area contributed by atoms with Crippen molar-refractivity contribution in [3.05, 3.63) is 0 Å². The molecule has 0 saturated heterocycles. The average molecular weight is 391 g/mol. The zero-order valence-electron chi connectivity index (χ0n) is 18.1. The highest BCUT2D eigenvalue weighted by atomic mass is 16.6. The van der Waals surface area contributed by atoms with Gasteiger partial charge in [-0.2, -0.15) is 0 Å². The molecule has 0 amide bonds. The molecule has 0 aromatic heterocycles. The number of rotatable bonds is 7. The van der Waals surface area contributed by atoms with Crippen molar-refractivity contribution in [1.82, 2.24) is 0 Å². The molecule has 4 nitrogen and oxygen atoms in total. The van der Waals surface area contributed by atoms with E-state index in [0.29, 0.717) is 48.7 Å². The van der Waals surface area contributed by atoms with E-state index in [1.807, 2.05) is 13.8 Å². The van der Waals surface area contributed by atoms with Crippen LogP contribution in [0.4, 0.5) is 0 Å². The third-order valence-electron chi connectivity index (χ3n) is 9.17. The van der Waals surface area contributed by atoms with Crippen molar-refractivity contribution in [2.24, 2.45) is 59.2 Å². The van der Waals surface area contributed by atoms with Crippen molar-refractivity contribution in [2.45, 2.75) is 66.2 Å². The maximum Gasteiger partial charge on any atom is 0.320 e. The summed E-state index contributed by atoms with van der Waals surface area (Å²) in [6.45, 7) is 9.06. The van der Waals surface area contributed by atoms with Crippen LogP contribution in [-0.4, -0.2) is 25.2 Å². The van der Waals surface area contributed by atoms with Gasteiger partial charge in [-0.05, 0) is 106 Å². The van der Waals surface area contributed by atoms with Gasteiger partial charge in [0.2, 0.25) is 0 Å². The summed E-state index contributed by atoms with van der Waals surface area (Å²) in [5, 5.41) is 0. The molecule has 4 aliphatic rings. The Balaban J connectivity index is 1.72. The molecular weight excluding hydrogens is 352 g/mol. The molecule has 0 aromatic rings. The first-order chi connectivity index (χ1) is 13.5. The second-order valence-electron chi connectivity index (χ2n) is 10.1. The fourth-order valence-corrected chi connectivity index (χ4v) is 8.15. The van der Waals surface area contributed by atoms with E-state index in [0.717, 1.165) is 11.8 Å². The van der Waals surface area contributed by atoms with Crippen LogP contribution >= 0.6 is 0 Å². The smallest absolute Gasteiger partial charge is 0.320 e. The lowest BCUT2D eigenvalue weighted by atomic mass is 9.59. The van der Waals surface area contributed by atoms with Crippen LogP contribution in [0.1, 0.15) is 66.2 Å². The molecule has 0 radical (unpaired) electrons. The summed E-state index contributed by atoms with van der Waals surface area (Å²) in [4.78, 5) is 26.2. The molecule has 8 atom stereocenters. The third kappa shape index (κ3) is 3.19. The van der Waals surface area contributed by atoms with Crippen LogP contribution in [0.25, 0.3) is 0 Å². The van der Waals surface area contributed by atoms with Gasteiger partial charge in [0, 0.05) is 0 Å². The Morgan fingerprint density at radius 3 is 1.46 bits per heavy atom. The molecular formula is C24H38O4. The van der Waals surface area contributed by atoms with E-state index >= 15 is 0 Å². The maximum atomic E-state index is 13.1. The van der Waals surface area contributed by atoms with Crippen molar-refractivity contribution in [3.63, 3.8) is 0 Å². The number of carbonyl (C=O) groups is 2. The quantitative estimate of drug-likeness (QED) is 0.467. The molecule has 4 heteroatoms. The Kier molecular flexibility index (Phi) is 5.77. The number of hydrogen-bond donors (Lipinski definition) is 0. The fourth-order valence-electron chi connectivity index (χ4n) is 8.15. The van der Waals surface area contributed by atoms with E-state index < -0.39 is 5.92 Å². The lowest BCUT2D eigenvalue weighted by Crippen LogP contribution is -2.47. The predicted octanol–water partition coefficient (Wildman–Crippen LogP) is 4.71. The Morgan fingerprint density at radius 2 is 1.14 bits per heavy atom. The summed E-state index contributed by atoms with van der Waals surface area (Å²) >= 11 is 0. The van der Waals surface area contributed by atoms with Crippen molar-refractivity contribution >= 4 is 11.9 Å². The van der Waals surface area contributed by atoms with Gasteiger partial charge < -0.3 is 9.47 Å². The van der Waals surface area contributed by atoms with E-state index in [2.05, 4.69) is 13.8 Å². The average Bonchev–Trinajstić information content (AvgIpc) is 3.42. The molecule has 4 bridgehead atoms. The standard InChI is InChI=1S/C24H38O4/c1-5-27-23(25)22(24(26)28-6-2)21(19-13(3)15-7-9-17(19)11-15)20-14(4)16-8-10-18(20)12-16/h13-22H,5-12H2,1-4H3. The summed E-state index contributed by atoms with van der Waals surface area (Å²) in [5.41, 5.74) is 0. The van der Waals surface area contributed by atoms with Gasteiger partial charge in [-0.25, -0.2) is 0 Å². The number of carbonyl (C=O) groups excluding carboxylic acids is 2. The molecule has 28 heavy (non-hydrogen) atoms. The first-order valence-corrected chi connectivity index (χ1v) is 11.8. The SMILES string of the molecule is CCOC(=O)C(C(=O)OCC)C(C1C2CCC(C2)C1C)C1C2CCC(C2)C1C. The lowest BCUT2D eigenvalue weighted by molar-refractivity contribution is -0.169. The second kappa shape index (κ2) is 7.99. The molecule has 158 valence electrons. The predicted molar refractivity (Wildman–Crippen MR) is 107 cm³/mol. The van der Waals surface area contributed by atoms with Gasteiger partial charge in [0.1, 0.15) is 0 Å². The molecule has 4 saturated carbocycles. The Morgan fingerprint density at radius 1 is 0.750 bits per heavy atom. The highest BCUT2D eigenvalue weighted by Gasteiger charge is 2.60. The van der Waals surface area contributed by atoms with Gasteiger partial charge in [0.15, 0.2) is 5.92 Å². The number of hydrogen-bond acceptors (Lipinski definition) is 4. The monoisotopic (exact) mass is 390 g/mol. The molecule has 0 aromatic carbocycles. The summed E-state index contributed by atoms with van der Waals surface area (Å²) in [5.74, 6) is 3.69. The third-order valence-corrected chi connectivity index (χ3v) is 9.17. The number of fused-ring (bicyclic) bond motifs is 4. The highest BCUT2D eigenvalue weighted by molar-refractivity contribution is 5.95. The largest absolute Gasteiger partial charge is 0.465 e. The molecule has 0 heterocycles. The van der Waals surface area contributed by atoms with Crippen LogP contribution in [0.2, 0.25) is 0 Å². The van der Waals surface area contributed by atoms with Gasteiger partial charge in [0.05, 0.1) is 13.2 Å². The van der Waals surface area contributed by atoms with Crippen LogP contribution in [0, 0.1) is 59.2 Å². The maximum absolute atomic E-state index is 13.1.